The molecule has 1 aromatic rings. The minimum atomic E-state index is -1.44. The van der Waals surface area contributed by atoms with E-state index in [0.29, 0.717) is 17.8 Å². The molecule has 0 aromatic heterocycles. The standard InChI is InChI=1S/C22H25FO4/c1-2-27-21(26)18(19(24)16-3-5-17(23)6-4-16)20(25)22-10-13-7-14(11-22)9-15(8-13)12-22/h3-6,13-15,18H,2,7-12H2,1H3. The maximum atomic E-state index is 13.6. The number of Topliss-reactive ketones (excluding diaryl/α,β-unsaturated/α-hetero) is 2. The number of rotatable bonds is 6. The molecule has 1 aromatic carbocycles. The van der Waals surface area contributed by atoms with Crippen molar-refractivity contribution in [3.05, 3.63) is 35.6 Å². The maximum Gasteiger partial charge on any atom is 0.324 e. The highest BCUT2D eigenvalue weighted by molar-refractivity contribution is 6.23. The zero-order valence-corrected chi connectivity index (χ0v) is 15.6. The van der Waals surface area contributed by atoms with E-state index >= 15 is 0 Å². The maximum absolute atomic E-state index is 13.6. The Morgan fingerprint density at radius 1 is 1.04 bits per heavy atom. The molecule has 4 aliphatic rings. The van der Waals surface area contributed by atoms with Crippen molar-refractivity contribution in [3.63, 3.8) is 0 Å². The van der Waals surface area contributed by atoms with E-state index in [9.17, 15) is 18.8 Å². The average molecular weight is 372 g/mol. The Labute approximate surface area is 158 Å². The summed E-state index contributed by atoms with van der Waals surface area (Å²) in [4.78, 5) is 39.3. The minimum absolute atomic E-state index is 0.111. The second-order valence-electron chi connectivity index (χ2n) is 8.62. The van der Waals surface area contributed by atoms with Crippen molar-refractivity contribution in [1.29, 1.82) is 0 Å². The molecule has 5 heteroatoms. The normalized spacial score (nSPS) is 32.1. The van der Waals surface area contributed by atoms with Crippen molar-refractivity contribution < 1.29 is 23.5 Å². The first-order valence-corrected chi connectivity index (χ1v) is 9.92. The third-order valence-electron chi connectivity index (χ3n) is 6.74. The molecule has 0 saturated heterocycles. The Morgan fingerprint density at radius 2 is 1.56 bits per heavy atom. The molecular formula is C22H25FO4. The van der Waals surface area contributed by atoms with Crippen molar-refractivity contribution in [2.24, 2.45) is 29.1 Å². The summed E-state index contributed by atoms with van der Waals surface area (Å²) in [6, 6.07) is 5.00. The van der Waals surface area contributed by atoms with Crippen molar-refractivity contribution >= 4 is 17.5 Å². The lowest BCUT2D eigenvalue weighted by molar-refractivity contribution is -0.158. The van der Waals surface area contributed by atoms with E-state index in [1.54, 1.807) is 6.92 Å². The van der Waals surface area contributed by atoms with Crippen LogP contribution < -0.4 is 0 Å². The van der Waals surface area contributed by atoms with Crippen LogP contribution in [0.3, 0.4) is 0 Å². The molecular weight excluding hydrogens is 347 g/mol. The summed E-state index contributed by atoms with van der Waals surface area (Å²) in [5.41, 5.74) is -0.394. The van der Waals surface area contributed by atoms with Crippen LogP contribution in [0, 0.1) is 34.9 Å². The predicted octanol–water partition coefficient (Wildman–Crippen LogP) is 3.97. The van der Waals surface area contributed by atoms with E-state index in [-0.39, 0.29) is 18.0 Å². The van der Waals surface area contributed by atoms with E-state index in [0.717, 1.165) is 19.3 Å². The predicted molar refractivity (Wildman–Crippen MR) is 96.5 cm³/mol. The van der Waals surface area contributed by atoms with Crippen molar-refractivity contribution in [3.8, 4) is 0 Å². The van der Waals surface area contributed by atoms with E-state index in [1.165, 1.54) is 43.5 Å². The van der Waals surface area contributed by atoms with Crippen LogP contribution in [0.1, 0.15) is 55.8 Å². The number of carbonyl (C=O) groups is 3. The van der Waals surface area contributed by atoms with Crippen molar-refractivity contribution in [2.45, 2.75) is 45.4 Å². The quantitative estimate of drug-likeness (QED) is 0.431. The summed E-state index contributed by atoms with van der Waals surface area (Å²) in [6.45, 7) is 1.77. The molecule has 5 rings (SSSR count). The van der Waals surface area contributed by atoms with Crippen LogP contribution in [-0.4, -0.2) is 24.1 Å². The number of ether oxygens (including phenoxy) is 1. The topological polar surface area (TPSA) is 60.4 Å². The number of carbonyl (C=O) groups excluding carboxylic acids is 3. The molecule has 4 aliphatic carbocycles. The van der Waals surface area contributed by atoms with Crippen LogP contribution in [0.2, 0.25) is 0 Å². The van der Waals surface area contributed by atoms with Gasteiger partial charge in [-0.05, 0) is 87.5 Å². The molecule has 1 atom stereocenters. The van der Waals surface area contributed by atoms with E-state index in [2.05, 4.69) is 0 Å². The summed E-state index contributed by atoms with van der Waals surface area (Å²) in [7, 11) is 0. The largest absolute Gasteiger partial charge is 0.465 e. The summed E-state index contributed by atoms with van der Waals surface area (Å²) >= 11 is 0. The van der Waals surface area contributed by atoms with E-state index in [4.69, 9.17) is 4.74 Å². The van der Waals surface area contributed by atoms with Crippen LogP contribution in [-0.2, 0) is 14.3 Å². The van der Waals surface area contributed by atoms with Gasteiger partial charge in [-0.1, -0.05) is 0 Å². The average Bonchev–Trinajstić information content (AvgIpc) is 2.61. The fraction of sp³-hybridized carbons (Fsp3) is 0.591. The van der Waals surface area contributed by atoms with Crippen LogP contribution in [0.25, 0.3) is 0 Å². The highest BCUT2D eigenvalue weighted by Gasteiger charge is 2.57. The van der Waals surface area contributed by atoms with Gasteiger partial charge in [-0.2, -0.15) is 0 Å². The van der Waals surface area contributed by atoms with Gasteiger partial charge in [-0.25, -0.2) is 4.39 Å². The first-order chi connectivity index (χ1) is 12.9. The Hall–Kier alpha value is -2.04. The first-order valence-electron chi connectivity index (χ1n) is 9.92. The fourth-order valence-corrected chi connectivity index (χ4v) is 6.06. The van der Waals surface area contributed by atoms with E-state index < -0.39 is 28.9 Å². The minimum Gasteiger partial charge on any atom is -0.465 e. The van der Waals surface area contributed by atoms with E-state index in [1.807, 2.05) is 0 Å². The van der Waals surface area contributed by atoms with Gasteiger partial charge in [0.1, 0.15) is 5.82 Å². The fourth-order valence-electron chi connectivity index (χ4n) is 6.06. The molecule has 4 saturated carbocycles. The molecule has 27 heavy (non-hydrogen) atoms. The highest BCUT2D eigenvalue weighted by Crippen LogP contribution is 2.61. The van der Waals surface area contributed by atoms with Gasteiger partial charge < -0.3 is 4.74 Å². The molecule has 4 nitrogen and oxygen atoms in total. The number of ketones is 2. The van der Waals surface area contributed by atoms with Gasteiger partial charge in [0.25, 0.3) is 0 Å². The number of hydrogen-bond donors (Lipinski definition) is 0. The van der Waals surface area contributed by atoms with Crippen LogP contribution in [0.15, 0.2) is 24.3 Å². The Bertz CT molecular complexity index is 732. The summed E-state index contributed by atoms with van der Waals surface area (Å²) in [5.74, 6) is -1.92. The Morgan fingerprint density at radius 3 is 2.04 bits per heavy atom. The molecule has 4 bridgehead atoms. The second kappa shape index (κ2) is 6.84. The molecule has 1 unspecified atom stereocenters. The van der Waals surface area contributed by atoms with Gasteiger partial charge in [-0.15, -0.1) is 0 Å². The molecule has 0 amide bonds. The van der Waals surface area contributed by atoms with Crippen LogP contribution in [0.4, 0.5) is 4.39 Å². The number of hydrogen-bond acceptors (Lipinski definition) is 4. The number of benzene rings is 1. The van der Waals surface area contributed by atoms with Crippen molar-refractivity contribution in [1.82, 2.24) is 0 Å². The summed E-state index contributed by atoms with van der Waals surface area (Å²) in [6.07, 6.45) is 5.85. The van der Waals surface area contributed by atoms with Crippen molar-refractivity contribution in [2.75, 3.05) is 6.61 Å². The molecule has 0 heterocycles. The molecule has 0 N–H and O–H groups in total. The van der Waals surface area contributed by atoms with Crippen LogP contribution >= 0.6 is 0 Å². The summed E-state index contributed by atoms with van der Waals surface area (Å²) in [5, 5.41) is 0. The highest BCUT2D eigenvalue weighted by atomic mass is 19.1. The van der Waals surface area contributed by atoms with Gasteiger partial charge in [0.05, 0.1) is 6.61 Å². The molecule has 0 radical (unpaired) electrons. The van der Waals surface area contributed by atoms with Crippen LogP contribution in [0.5, 0.6) is 0 Å². The lowest BCUT2D eigenvalue weighted by atomic mass is 9.47. The first kappa shape index (κ1) is 18.3. The molecule has 4 fully saturated rings. The monoisotopic (exact) mass is 372 g/mol. The third-order valence-corrected chi connectivity index (χ3v) is 6.74. The summed E-state index contributed by atoms with van der Waals surface area (Å²) < 4.78 is 18.3. The zero-order chi connectivity index (χ0) is 19.2. The SMILES string of the molecule is CCOC(=O)C(C(=O)c1ccc(F)cc1)C(=O)C12CC3CC(CC(C3)C1)C2. The van der Waals surface area contributed by atoms with Gasteiger partial charge in [0.2, 0.25) is 0 Å². The lowest BCUT2D eigenvalue weighted by Crippen LogP contribution is -2.54. The number of esters is 1. The Kier molecular flexibility index (Phi) is 4.65. The van der Waals surface area contributed by atoms with Gasteiger partial charge in [0.15, 0.2) is 17.5 Å². The van der Waals surface area contributed by atoms with Gasteiger partial charge in [-0.3, -0.25) is 14.4 Å². The molecule has 0 spiro atoms. The zero-order valence-electron chi connectivity index (χ0n) is 15.6. The number of halogens is 1. The van der Waals surface area contributed by atoms with Gasteiger partial charge >= 0.3 is 5.97 Å². The Balaban J connectivity index is 1.66. The van der Waals surface area contributed by atoms with Gasteiger partial charge in [0, 0.05) is 11.0 Å². The molecule has 0 aliphatic heterocycles. The smallest absolute Gasteiger partial charge is 0.324 e. The third kappa shape index (κ3) is 3.21. The lowest BCUT2D eigenvalue weighted by Gasteiger charge is -2.56. The molecule has 144 valence electrons. The second-order valence-corrected chi connectivity index (χ2v) is 8.62.